The number of ether oxygens (including phenoxy) is 1. The van der Waals surface area contributed by atoms with Crippen molar-refractivity contribution in [2.24, 2.45) is 5.92 Å². The topological polar surface area (TPSA) is 114 Å². The first-order chi connectivity index (χ1) is 18.1. The summed E-state index contributed by atoms with van der Waals surface area (Å²) in [5.74, 6) is 0.235. The van der Waals surface area contributed by atoms with Crippen LogP contribution in [0.4, 0.5) is 5.95 Å². The Morgan fingerprint density at radius 1 is 1.08 bits per heavy atom. The molecule has 9 nitrogen and oxygen atoms in total. The van der Waals surface area contributed by atoms with Gasteiger partial charge in [-0.1, -0.05) is 38.1 Å². The van der Waals surface area contributed by atoms with Crippen molar-refractivity contribution in [2.75, 3.05) is 24.4 Å². The lowest BCUT2D eigenvalue weighted by Gasteiger charge is -2.35. The number of nitrogens with zero attached hydrogens (tertiary/aromatic N) is 3. The third-order valence-electron chi connectivity index (χ3n) is 7.01. The van der Waals surface area contributed by atoms with Gasteiger partial charge in [0.25, 0.3) is 15.9 Å². The number of sulfonamides is 1. The van der Waals surface area contributed by atoms with E-state index >= 15 is 0 Å². The lowest BCUT2D eigenvalue weighted by Crippen LogP contribution is -2.50. The highest BCUT2D eigenvalue weighted by Gasteiger charge is 2.36. The number of aryl methyl sites for hydroxylation is 2. The number of anilines is 1. The second-order valence-electron chi connectivity index (χ2n) is 10.4. The third kappa shape index (κ3) is 5.23. The Bertz CT molecular complexity index is 1450. The maximum absolute atomic E-state index is 13.8. The molecule has 3 heterocycles. The second kappa shape index (κ2) is 10.3. The van der Waals surface area contributed by atoms with Crippen LogP contribution in [-0.4, -0.2) is 61.0 Å². The van der Waals surface area contributed by atoms with E-state index in [1.807, 2.05) is 36.9 Å². The Labute approximate surface area is 223 Å². The Morgan fingerprint density at radius 3 is 2.55 bits per heavy atom. The molecule has 38 heavy (non-hydrogen) atoms. The van der Waals surface area contributed by atoms with Gasteiger partial charge in [0.2, 0.25) is 11.8 Å². The number of amides is 1. The number of aromatic nitrogens is 2. The number of carbonyl (C=O) groups is 1. The minimum Gasteiger partial charge on any atom is -0.471 e. The van der Waals surface area contributed by atoms with Crippen LogP contribution >= 0.6 is 0 Å². The molecule has 0 spiro atoms. The van der Waals surface area contributed by atoms with Gasteiger partial charge in [-0.25, -0.2) is 18.1 Å². The normalized spacial score (nSPS) is 20.9. The van der Waals surface area contributed by atoms with Gasteiger partial charge < -0.3 is 15.0 Å². The average molecular weight is 536 g/mol. The lowest BCUT2D eigenvalue weighted by molar-refractivity contribution is 0.0446. The second-order valence-corrected chi connectivity index (χ2v) is 12.1. The average Bonchev–Trinajstić information content (AvgIpc) is 3.04. The molecule has 1 fully saturated rings. The number of nitrogens with one attached hydrogen (secondary N) is 2. The van der Waals surface area contributed by atoms with E-state index in [4.69, 9.17) is 4.74 Å². The van der Waals surface area contributed by atoms with Crippen LogP contribution in [-0.2, 0) is 10.0 Å². The maximum Gasteiger partial charge on any atom is 0.264 e. The van der Waals surface area contributed by atoms with Crippen LogP contribution in [0.25, 0.3) is 11.3 Å². The third-order valence-corrected chi connectivity index (χ3v) is 8.33. The molecule has 1 amide bonds. The molecule has 1 saturated heterocycles. The number of rotatable bonds is 3. The summed E-state index contributed by atoms with van der Waals surface area (Å²) in [5, 5.41) is 3.40. The van der Waals surface area contributed by atoms with Gasteiger partial charge in [0.1, 0.15) is 6.10 Å². The molecule has 2 atom stereocenters. The Morgan fingerprint density at radius 2 is 1.82 bits per heavy atom. The fourth-order valence-corrected chi connectivity index (χ4v) is 6.24. The summed E-state index contributed by atoms with van der Waals surface area (Å²) in [4.78, 5) is 24.6. The summed E-state index contributed by atoms with van der Waals surface area (Å²) in [6, 6.07) is 13.6. The molecule has 2 N–H and O–H groups in total. The van der Waals surface area contributed by atoms with E-state index in [0.717, 1.165) is 23.1 Å². The molecular formula is C28H33N5O4S. The Balaban J connectivity index is 1.72. The van der Waals surface area contributed by atoms with Gasteiger partial charge in [0, 0.05) is 36.8 Å². The van der Waals surface area contributed by atoms with E-state index in [2.05, 4.69) is 33.9 Å². The van der Waals surface area contributed by atoms with E-state index in [1.165, 1.54) is 12.1 Å². The SMILES string of the molecule is Cc1cccc(C)c1-c1cc2nc(n1)NS(=O)(=O)c1cccc(c1)C(=O)N1CCNCC(O2)C1CC(C)C. The van der Waals surface area contributed by atoms with Crippen LogP contribution in [0.1, 0.15) is 41.8 Å². The number of hydrogen-bond acceptors (Lipinski definition) is 7. The van der Waals surface area contributed by atoms with Crippen molar-refractivity contribution in [1.82, 2.24) is 20.2 Å². The molecule has 2 aliphatic rings. The van der Waals surface area contributed by atoms with Gasteiger partial charge in [-0.05, 0) is 55.5 Å². The largest absolute Gasteiger partial charge is 0.471 e. The zero-order valence-electron chi connectivity index (χ0n) is 22.1. The van der Waals surface area contributed by atoms with Crippen molar-refractivity contribution in [3.8, 4) is 17.1 Å². The first-order valence-electron chi connectivity index (χ1n) is 12.9. The fraction of sp³-hybridized carbons (Fsp3) is 0.393. The van der Waals surface area contributed by atoms with Gasteiger partial charge in [-0.15, -0.1) is 0 Å². The monoisotopic (exact) mass is 535 g/mol. The quantitative estimate of drug-likeness (QED) is 0.525. The molecule has 0 saturated carbocycles. The van der Waals surface area contributed by atoms with E-state index in [-0.39, 0.29) is 28.7 Å². The molecule has 200 valence electrons. The first-order valence-corrected chi connectivity index (χ1v) is 14.4. The summed E-state index contributed by atoms with van der Waals surface area (Å²) in [6.07, 6.45) is 0.314. The van der Waals surface area contributed by atoms with Crippen molar-refractivity contribution >= 4 is 21.9 Å². The van der Waals surface area contributed by atoms with Crippen LogP contribution in [0.3, 0.4) is 0 Å². The minimum absolute atomic E-state index is 0.0314. The lowest BCUT2D eigenvalue weighted by atomic mass is 9.96. The summed E-state index contributed by atoms with van der Waals surface area (Å²) < 4.78 is 35.8. The van der Waals surface area contributed by atoms with Gasteiger partial charge in [0.05, 0.1) is 16.6 Å². The molecular weight excluding hydrogens is 502 g/mol. The molecule has 5 rings (SSSR count). The first kappa shape index (κ1) is 26.1. The predicted octanol–water partition coefficient (Wildman–Crippen LogP) is 3.78. The molecule has 1 aromatic heterocycles. The number of carbonyl (C=O) groups excluding carboxylic acids is 1. The van der Waals surface area contributed by atoms with Crippen LogP contribution < -0.4 is 14.8 Å². The number of hydrogen-bond donors (Lipinski definition) is 2. The van der Waals surface area contributed by atoms with Crippen LogP contribution in [0, 0.1) is 19.8 Å². The molecule has 3 aromatic rings. The van der Waals surface area contributed by atoms with Crippen LogP contribution in [0.15, 0.2) is 53.4 Å². The van der Waals surface area contributed by atoms with E-state index in [9.17, 15) is 13.2 Å². The summed E-state index contributed by atoms with van der Waals surface area (Å²) in [6.45, 7) is 9.80. The highest BCUT2D eigenvalue weighted by molar-refractivity contribution is 7.92. The van der Waals surface area contributed by atoms with E-state index in [1.54, 1.807) is 18.2 Å². The standard InChI is InChI=1S/C28H33N5O4S/c1-17(2)13-23-24-16-29-11-12-33(23)27(34)20-9-6-10-21(14-20)38(35,36)32-28-30-22(15-25(31-28)37-24)26-18(3)7-5-8-19(26)4/h5-10,14-15,17,23-24,29H,11-13,16H2,1-4H3,(H,30,31,32). The zero-order valence-corrected chi connectivity index (χ0v) is 22.9. The van der Waals surface area contributed by atoms with E-state index in [0.29, 0.717) is 36.8 Å². The summed E-state index contributed by atoms with van der Waals surface area (Å²) in [5.41, 5.74) is 3.76. The van der Waals surface area contributed by atoms with Gasteiger partial charge in [-0.3, -0.25) is 4.79 Å². The highest BCUT2D eigenvalue weighted by Crippen LogP contribution is 2.31. The van der Waals surface area contributed by atoms with Crippen LogP contribution in [0.5, 0.6) is 5.88 Å². The number of benzene rings is 2. The minimum atomic E-state index is -4.08. The molecule has 2 aliphatic heterocycles. The smallest absolute Gasteiger partial charge is 0.264 e. The molecule has 6 bridgehead atoms. The van der Waals surface area contributed by atoms with Crippen molar-refractivity contribution in [3.05, 3.63) is 65.2 Å². The fourth-order valence-electron chi connectivity index (χ4n) is 5.25. The molecule has 2 aromatic carbocycles. The Hall–Kier alpha value is -3.50. The van der Waals surface area contributed by atoms with Crippen molar-refractivity contribution < 1.29 is 17.9 Å². The molecule has 2 unspecified atom stereocenters. The van der Waals surface area contributed by atoms with Crippen molar-refractivity contribution in [1.29, 1.82) is 0 Å². The molecule has 0 aliphatic carbocycles. The van der Waals surface area contributed by atoms with Crippen molar-refractivity contribution in [3.63, 3.8) is 0 Å². The van der Waals surface area contributed by atoms with Gasteiger partial charge >= 0.3 is 0 Å². The van der Waals surface area contributed by atoms with E-state index < -0.39 is 16.1 Å². The Kier molecular flexibility index (Phi) is 7.11. The van der Waals surface area contributed by atoms with Crippen molar-refractivity contribution in [2.45, 2.75) is 51.2 Å². The number of fused-ring (bicyclic) bond motifs is 6. The van der Waals surface area contributed by atoms with Gasteiger partial charge in [-0.2, -0.15) is 4.98 Å². The highest BCUT2D eigenvalue weighted by atomic mass is 32.2. The molecule has 0 radical (unpaired) electrons. The summed E-state index contributed by atoms with van der Waals surface area (Å²) >= 11 is 0. The van der Waals surface area contributed by atoms with Gasteiger partial charge in [0.15, 0.2) is 0 Å². The maximum atomic E-state index is 13.8. The summed E-state index contributed by atoms with van der Waals surface area (Å²) in [7, 11) is -4.08. The van der Waals surface area contributed by atoms with Crippen LogP contribution in [0.2, 0.25) is 0 Å². The predicted molar refractivity (Wildman–Crippen MR) is 146 cm³/mol. The zero-order chi connectivity index (χ0) is 27.0. The molecule has 10 heteroatoms.